The standard InChI is InChI=1S/C14H10F2O4/c15-14(16,13(17)18)20-12-8-4-7-11(9-12)19-10-5-2-1-3-6-10/h1-9H,(H,17,18). The van der Waals surface area contributed by atoms with Crippen LogP contribution in [-0.4, -0.2) is 17.2 Å². The Hall–Kier alpha value is -2.63. The fraction of sp³-hybridized carbons (Fsp3) is 0.0714. The molecule has 2 rings (SSSR count). The number of para-hydroxylation sites is 1. The first-order valence-corrected chi connectivity index (χ1v) is 5.60. The van der Waals surface area contributed by atoms with E-state index in [4.69, 9.17) is 9.84 Å². The van der Waals surface area contributed by atoms with Crippen molar-refractivity contribution in [2.45, 2.75) is 6.11 Å². The van der Waals surface area contributed by atoms with Gasteiger partial charge in [0.2, 0.25) is 0 Å². The van der Waals surface area contributed by atoms with E-state index in [2.05, 4.69) is 4.74 Å². The summed E-state index contributed by atoms with van der Waals surface area (Å²) in [6.45, 7) is 0. The van der Waals surface area contributed by atoms with Crippen LogP contribution in [0.5, 0.6) is 17.2 Å². The van der Waals surface area contributed by atoms with Gasteiger partial charge in [0.1, 0.15) is 17.2 Å². The van der Waals surface area contributed by atoms with Crippen molar-refractivity contribution < 1.29 is 28.2 Å². The van der Waals surface area contributed by atoms with E-state index >= 15 is 0 Å². The van der Waals surface area contributed by atoms with Gasteiger partial charge in [-0.15, -0.1) is 0 Å². The van der Waals surface area contributed by atoms with Crippen molar-refractivity contribution in [3.8, 4) is 17.2 Å². The number of rotatable bonds is 5. The minimum Gasteiger partial charge on any atom is -0.474 e. The van der Waals surface area contributed by atoms with Crippen LogP contribution in [0, 0.1) is 0 Å². The molecule has 0 amide bonds. The summed E-state index contributed by atoms with van der Waals surface area (Å²) in [5, 5.41) is 8.30. The topological polar surface area (TPSA) is 55.8 Å². The van der Waals surface area contributed by atoms with Gasteiger partial charge in [-0.2, -0.15) is 8.78 Å². The minimum atomic E-state index is -4.29. The molecule has 0 aromatic heterocycles. The van der Waals surface area contributed by atoms with E-state index in [0.29, 0.717) is 5.75 Å². The molecule has 0 atom stereocenters. The maximum absolute atomic E-state index is 12.9. The Kier molecular flexibility index (Phi) is 3.84. The highest BCUT2D eigenvalue weighted by molar-refractivity contribution is 5.73. The quantitative estimate of drug-likeness (QED) is 0.910. The van der Waals surface area contributed by atoms with Gasteiger partial charge in [0.15, 0.2) is 0 Å². The minimum absolute atomic E-state index is 0.259. The van der Waals surface area contributed by atoms with Gasteiger partial charge in [-0.25, -0.2) is 4.79 Å². The number of ether oxygens (including phenoxy) is 2. The molecule has 0 saturated carbocycles. The van der Waals surface area contributed by atoms with E-state index in [9.17, 15) is 13.6 Å². The van der Waals surface area contributed by atoms with Crippen molar-refractivity contribution in [1.82, 2.24) is 0 Å². The molecule has 0 aliphatic carbocycles. The van der Waals surface area contributed by atoms with Gasteiger partial charge in [0, 0.05) is 6.07 Å². The summed E-state index contributed by atoms with van der Waals surface area (Å²) < 4.78 is 35.4. The molecule has 0 aliphatic rings. The van der Waals surface area contributed by atoms with E-state index in [-0.39, 0.29) is 11.5 Å². The lowest BCUT2D eigenvalue weighted by Gasteiger charge is -2.14. The molecule has 2 aromatic carbocycles. The van der Waals surface area contributed by atoms with E-state index in [0.717, 1.165) is 0 Å². The number of alkyl halides is 2. The van der Waals surface area contributed by atoms with Gasteiger partial charge in [-0.3, -0.25) is 0 Å². The summed E-state index contributed by atoms with van der Waals surface area (Å²) >= 11 is 0. The van der Waals surface area contributed by atoms with Crippen molar-refractivity contribution in [3.63, 3.8) is 0 Å². The Labute approximate surface area is 113 Å². The molecule has 20 heavy (non-hydrogen) atoms. The Morgan fingerprint density at radius 1 is 0.950 bits per heavy atom. The maximum atomic E-state index is 12.9. The molecule has 1 N–H and O–H groups in total. The molecule has 0 unspecified atom stereocenters. The lowest BCUT2D eigenvalue weighted by atomic mass is 10.3. The lowest BCUT2D eigenvalue weighted by Crippen LogP contribution is -2.34. The van der Waals surface area contributed by atoms with Crippen LogP contribution in [0.4, 0.5) is 8.78 Å². The Balaban J connectivity index is 2.14. The average Bonchev–Trinajstić information content (AvgIpc) is 2.39. The summed E-state index contributed by atoms with van der Waals surface area (Å²) in [5.41, 5.74) is 0. The van der Waals surface area contributed by atoms with Crippen molar-refractivity contribution in [3.05, 3.63) is 54.6 Å². The zero-order valence-electron chi connectivity index (χ0n) is 10.1. The second-order valence-electron chi connectivity index (χ2n) is 3.81. The zero-order chi connectivity index (χ0) is 14.6. The fourth-order valence-electron chi connectivity index (χ4n) is 1.42. The van der Waals surface area contributed by atoms with Crippen molar-refractivity contribution >= 4 is 5.97 Å². The van der Waals surface area contributed by atoms with E-state index in [1.165, 1.54) is 18.2 Å². The van der Waals surface area contributed by atoms with Gasteiger partial charge in [-0.05, 0) is 24.3 Å². The molecule has 0 radical (unpaired) electrons. The van der Waals surface area contributed by atoms with Crippen LogP contribution in [0.2, 0.25) is 0 Å². The number of carboxylic acids is 1. The molecule has 4 nitrogen and oxygen atoms in total. The molecule has 6 heteroatoms. The number of hydrogen-bond acceptors (Lipinski definition) is 3. The average molecular weight is 280 g/mol. The maximum Gasteiger partial charge on any atom is 0.501 e. The summed E-state index contributed by atoms with van der Waals surface area (Å²) in [4.78, 5) is 10.3. The van der Waals surface area contributed by atoms with Crippen LogP contribution < -0.4 is 9.47 Å². The second-order valence-corrected chi connectivity index (χ2v) is 3.81. The van der Waals surface area contributed by atoms with Crippen LogP contribution in [-0.2, 0) is 4.79 Å². The van der Waals surface area contributed by atoms with Gasteiger partial charge in [-0.1, -0.05) is 24.3 Å². The van der Waals surface area contributed by atoms with Crippen molar-refractivity contribution in [2.75, 3.05) is 0 Å². The largest absolute Gasteiger partial charge is 0.501 e. The van der Waals surface area contributed by atoms with Crippen LogP contribution in [0.1, 0.15) is 0 Å². The summed E-state index contributed by atoms with van der Waals surface area (Å²) in [6, 6.07) is 14.1. The predicted octanol–water partition coefficient (Wildman–Crippen LogP) is 3.54. The van der Waals surface area contributed by atoms with Crippen molar-refractivity contribution in [2.24, 2.45) is 0 Å². The molecular formula is C14H10F2O4. The SMILES string of the molecule is O=C(O)C(F)(F)Oc1cccc(Oc2ccccc2)c1. The van der Waals surface area contributed by atoms with E-state index in [1.54, 1.807) is 36.4 Å². The van der Waals surface area contributed by atoms with Gasteiger partial charge in [0.25, 0.3) is 0 Å². The van der Waals surface area contributed by atoms with Gasteiger partial charge in [0.05, 0.1) is 0 Å². The molecule has 0 saturated heterocycles. The second kappa shape index (κ2) is 5.56. The monoisotopic (exact) mass is 280 g/mol. The summed E-state index contributed by atoms with van der Waals surface area (Å²) in [6.07, 6.45) is -4.29. The van der Waals surface area contributed by atoms with Crippen LogP contribution in [0.15, 0.2) is 54.6 Å². The summed E-state index contributed by atoms with van der Waals surface area (Å²) in [5.74, 6) is -1.87. The molecule has 2 aromatic rings. The van der Waals surface area contributed by atoms with Gasteiger partial charge < -0.3 is 14.6 Å². The Morgan fingerprint density at radius 3 is 2.20 bits per heavy atom. The van der Waals surface area contributed by atoms with Crippen LogP contribution in [0.3, 0.4) is 0 Å². The normalized spacial score (nSPS) is 10.9. The third-order valence-corrected chi connectivity index (χ3v) is 2.28. The predicted molar refractivity (Wildman–Crippen MR) is 66.2 cm³/mol. The third kappa shape index (κ3) is 3.44. The number of benzene rings is 2. The molecule has 0 fully saturated rings. The molecule has 0 aliphatic heterocycles. The number of aliphatic carboxylic acids is 1. The Bertz CT molecular complexity index is 599. The van der Waals surface area contributed by atoms with Gasteiger partial charge >= 0.3 is 12.1 Å². The summed E-state index contributed by atoms with van der Waals surface area (Å²) in [7, 11) is 0. The highest BCUT2D eigenvalue weighted by atomic mass is 19.3. The lowest BCUT2D eigenvalue weighted by molar-refractivity contribution is -0.210. The number of hydrogen-bond donors (Lipinski definition) is 1. The Morgan fingerprint density at radius 2 is 1.55 bits per heavy atom. The first-order valence-electron chi connectivity index (χ1n) is 5.60. The molecule has 0 heterocycles. The highest BCUT2D eigenvalue weighted by Gasteiger charge is 2.42. The smallest absolute Gasteiger partial charge is 0.474 e. The first kappa shape index (κ1) is 13.8. The number of carbonyl (C=O) groups is 1. The highest BCUT2D eigenvalue weighted by Crippen LogP contribution is 2.28. The number of carboxylic acid groups (broad SMARTS) is 1. The number of halogens is 2. The van der Waals surface area contributed by atoms with Crippen LogP contribution in [0.25, 0.3) is 0 Å². The van der Waals surface area contributed by atoms with Crippen LogP contribution >= 0.6 is 0 Å². The molecule has 0 bridgehead atoms. The third-order valence-electron chi connectivity index (χ3n) is 2.28. The molecule has 0 spiro atoms. The fourth-order valence-corrected chi connectivity index (χ4v) is 1.42. The van der Waals surface area contributed by atoms with E-state index < -0.39 is 12.1 Å². The molecular weight excluding hydrogens is 270 g/mol. The molecule has 104 valence electrons. The zero-order valence-corrected chi connectivity index (χ0v) is 10.1. The van der Waals surface area contributed by atoms with Crippen molar-refractivity contribution in [1.29, 1.82) is 0 Å². The first-order chi connectivity index (χ1) is 9.47. The van der Waals surface area contributed by atoms with E-state index in [1.807, 2.05) is 0 Å².